The molecule has 0 aliphatic carbocycles. The van der Waals surface area contributed by atoms with Crippen molar-refractivity contribution in [2.75, 3.05) is 32.1 Å². The van der Waals surface area contributed by atoms with Gasteiger partial charge in [-0.25, -0.2) is 0 Å². The summed E-state index contributed by atoms with van der Waals surface area (Å²) in [7, 11) is 0. The van der Waals surface area contributed by atoms with Crippen molar-refractivity contribution in [1.29, 1.82) is 0 Å². The Hall–Kier alpha value is -0.420. The number of morpholine rings is 1. The van der Waals surface area contributed by atoms with Gasteiger partial charge >= 0.3 is 0 Å². The topological polar surface area (TPSA) is 29.5 Å². The standard InChI is InChI=1S/C13H15Cl2NO2S/c14-11-2-1-10(7-12(11)15)8-19-9-13(17)16-3-5-18-6-4-16/h1-2,7H,3-6,8-9H2. The lowest BCUT2D eigenvalue weighted by atomic mass is 10.2. The summed E-state index contributed by atoms with van der Waals surface area (Å²) in [5.74, 6) is 1.42. The van der Waals surface area contributed by atoms with Gasteiger partial charge in [-0.1, -0.05) is 29.3 Å². The zero-order chi connectivity index (χ0) is 13.7. The van der Waals surface area contributed by atoms with Crippen molar-refractivity contribution in [1.82, 2.24) is 4.90 Å². The van der Waals surface area contributed by atoms with Gasteiger partial charge < -0.3 is 9.64 Å². The Morgan fingerprint density at radius 3 is 2.68 bits per heavy atom. The first-order chi connectivity index (χ1) is 9.16. The highest BCUT2D eigenvalue weighted by Crippen LogP contribution is 2.24. The quantitative estimate of drug-likeness (QED) is 0.854. The van der Waals surface area contributed by atoms with Crippen molar-refractivity contribution < 1.29 is 9.53 Å². The van der Waals surface area contributed by atoms with E-state index in [2.05, 4.69) is 0 Å². The van der Waals surface area contributed by atoms with Crippen LogP contribution in [0.1, 0.15) is 5.56 Å². The largest absolute Gasteiger partial charge is 0.378 e. The lowest BCUT2D eigenvalue weighted by molar-refractivity contribution is -0.132. The monoisotopic (exact) mass is 319 g/mol. The van der Waals surface area contributed by atoms with E-state index in [1.165, 1.54) is 0 Å². The first kappa shape index (κ1) is 15.0. The maximum absolute atomic E-state index is 11.9. The molecule has 6 heteroatoms. The van der Waals surface area contributed by atoms with Crippen LogP contribution in [0.25, 0.3) is 0 Å². The molecule has 1 amide bonds. The third kappa shape index (κ3) is 4.56. The first-order valence-electron chi connectivity index (χ1n) is 6.04. The first-order valence-corrected chi connectivity index (χ1v) is 7.95. The maximum Gasteiger partial charge on any atom is 0.232 e. The third-order valence-electron chi connectivity index (χ3n) is 2.84. The number of hydrogen-bond donors (Lipinski definition) is 0. The van der Waals surface area contributed by atoms with E-state index in [0.29, 0.717) is 42.1 Å². The van der Waals surface area contributed by atoms with Crippen LogP contribution < -0.4 is 0 Å². The molecule has 0 aromatic heterocycles. The lowest BCUT2D eigenvalue weighted by Gasteiger charge is -2.26. The molecular weight excluding hydrogens is 305 g/mol. The van der Waals surface area contributed by atoms with Gasteiger partial charge in [0.25, 0.3) is 0 Å². The molecule has 1 aromatic carbocycles. The zero-order valence-corrected chi connectivity index (χ0v) is 12.7. The van der Waals surface area contributed by atoms with Crippen molar-refractivity contribution in [3.05, 3.63) is 33.8 Å². The van der Waals surface area contributed by atoms with E-state index in [1.807, 2.05) is 17.0 Å². The molecule has 0 unspecified atom stereocenters. The Bertz CT molecular complexity index is 450. The number of hydrogen-bond acceptors (Lipinski definition) is 3. The highest BCUT2D eigenvalue weighted by Gasteiger charge is 2.16. The predicted octanol–water partition coefficient (Wildman–Crippen LogP) is 3.09. The van der Waals surface area contributed by atoms with E-state index in [0.717, 1.165) is 11.3 Å². The predicted molar refractivity (Wildman–Crippen MR) is 80.0 cm³/mol. The molecule has 0 N–H and O–H groups in total. The van der Waals surface area contributed by atoms with E-state index < -0.39 is 0 Å². The summed E-state index contributed by atoms with van der Waals surface area (Å²) >= 11 is 13.4. The second-order valence-electron chi connectivity index (χ2n) is 4.23. The van der Waals surface area contributed by atoms with Crippen molar-refractivity contribution >= 4 is 40.9 Å². The Balaban J connectivity index is 1.76. The molecule has 0 radical (unpaired) electrons. The lowest BCUT2D eigenvalue weighted by Crippen LogP contribution is -2.41. The molecule has 3 nitrogen and oxygen atoms in total. The zero-order valence-electron chi connectivity index (χ0n) is 10.4. The van der Waals surface area contributed by atoms with Crippen LogP contribution in [-0.2, 0) is 15.3 Å². The maximum atomic E-state index is 11.9. The van der Waals surface area contributed by atoms with Crippen LogP contribution in [0.3, 0.4) is 0 Å². The SMILES string of the molecule is O=C(CSCc1ccc(Cl)c(Cl)c1)N1CCOCC1. The molecule has 1 aliphatic rings. The van der Waals surface area contributed by atoms with Gasteiger partial charge in [0.05, 0.1) is 29.0 Å². The normalized spacial score (nSPS) is 15.6. The summed E-state index contributed by atoms with van der Waals surface area (Å²) in [5.41, 5.74) is 1.08. The van der Waals surface area contributed by atoms with Gasteiger partial charge in [-0.3, -0.25) is 4.79 Å². The van der Waals surface area contributed by atoms with E-state index in [4.69, 9.17) is 27.9 Å². The summed E-state index contributed by atoms with van der Waals surface area (Å²) in [4.78, 5) is 13.8. The van der Waals surface area contributed by atoms with Crippen molar-refractivity contribution in [3.63, 3.8) is 0 Å². The molecule has 1 fully saturated rings. The van der Waals surface area contributed by atoms with Gasteiger partial charge in [0.2, 0.25) is 5.91 Å². The Kier molecular flexibility index (Phi) is 5.82. The minimum Gasteiger partial charge on any atom is -0.378 e. The van der Waals surface area contributed by atoms with Gasteiger partial charge in [-0.15, -0.1) is 11.8 Å². The van der Waals surface area contributed by atoms with Crippen molar-refractivity contribution in [2.24, 2.45) is 0 Å². The Morgan fingerprint density at radius 1 is 1.26 bits per heavy atom. The molecule has 1 aliphatic heterocycles. The molecule has 0 bridgehead atoms. The average molecular weight is 320 g/mol. The van der Waals surface area contributed by atoms with Crippen LogP contribution >= 0.6 is 35.0 Å². The Labute approximate surface area is 127 Å². The second-order valence-corrected chi connectivity index (χ2v) is 6.03. The van der Waals surface area contributed by atoms with Gasteiger partial charge in [-0.2, -0.15) is 0 Å². The number of halogens is 2. The minimum atomic E-state index is 0.174. The molecule has 0 atom stereocenters. The number of benzene rings is 1. The van der Waals surface area contributed by atoms with E-state index in [1.54, 1.807) is 17.8 Å². The average Bonchev–Trinajstić information content (AvgIpc) is 2.43. The number of carbonyl (C=O) groups excluding carboxylic acids is 1. The number of thioether (sulfide) groups is 1. The highest BCUT2D eigenvalue weighted by atomic mass is 35.5. The summed E-state index contributed by atoms with van der Waals surface area (Å²) < 4.78 is 5.22. The van der Waals surface area contributed by atoms with E-state index in [-0.39, 0.29) is 5.91 Å². The van der Waals surface area contributed by atoms with Crippen LogP contribution in [0, 0.1) is 0 Å². The van der Waals surface area contributed by atoms with Crippen LogP contribution in [-0.4, -0.2) is 42.9 Å². The highest BCUT2D eigenvalue weighted by molar-refractivity contribution is 7.99. The van der Waals surface area contributed by atoms with Crippen LogP contribution in [0.4, 0.5) is 0 Å². The summed E-state index contributed by atoms with van der Waals surface area (Å²) in [6.45, 7) is 2.69. The van der Waals surface area contributed by atoms with Gasteiger partial charge in [-0.05, 0) is 17.7 Å². The summed E-state index contributed by atoms with van der Waals surface area (Å²) in [5, 5.41) is 1.11. The summed E-state index contributed by atoms with van der Waals surface area (Å²) in [6, 6.07) is 5.56. The fraction of sp³-hybridized carbons (Fsp3) is 0.462. The van der Waals surface area contributed by atoms with Crippen LogP contribution in [0.2, 0.25) is 10.0 Å². The molecule has 19 heavy (non-hydrogen) atoms. The molecule has 1 saturated heterocycles. The molecule has 0 spiro atoms. The number of ether oxygens (including phenoxy) is 1. The van der Waals surface area contributed by atoms with E-state index in [9.17, 15) is 4.79 Å². The second kappa shape index (κ2) is 7.39. The number of carbonyl (C=O) groups is 1. The molecular formula is C13H15Cl2NO2S. The molecule has 2 rings (SSSR count). The smallest absolute Gasteiger partial charge is 0.232 e. The fourth-order valence-electron chi connectivity index (χ4n) is 1.79. The summed E-state index contributed by atoms with van der Waals surface area (Å²) in [6.07, 6.45) is 0. The van der Waals surface area contributed by atoms with Crippen molar-refractivity contribution in [3.8, 4) is 0 Å². The number of rotatable bonds is 4. The minimum absolute atomic E-state index is 0.174. The van der Waals surface area contributed by atoms with E-state index >= 15 is 0 Å². The number of nitrogens with zero attached hydrogens (tertiary/aromatic N) is 1. The molecule has 104 valence electrons. The third-order valence-corrected chi connectivity index (χ3v) is 4.57. The van der Waals surface area contributed by atoms with Crippen LogP contribution in [0.15, 0.2) is 18.2 Å². The van der Waals surface area contributed by atoms with Crippen LogP contribution in [0.5, 0.6) is 0 Å². The van der Waals surface area contributed by atoms with Gasteiger partial charge in [0.1, 0.15) is 0 Å². The number of amides is 1. The van der Waals surface area contributed by atoms with Gasteiger partial charge in [0, 0.05) is 18.8 Å². The Morgan fingerprint density at radius 2 is 2.00 bits per heavy atom. The fourth-order valence-corrected chi connectivity index (χ4v) is 2.98. The van der Waals surface area contributed by atoms with Gasteiger partial charge in [0.15, 0.2) is 0 Å². The molecule has 1 heterocycles. The molecule has 0 saturated carbocycles. The molecule has 1 aromatic rings. The van der Waals surface area contributed by atoms with Crippen molar-refractivity contribution in [2.45, 2.75) is 5.75 Å².